The molecule has 0 aromatic carbocycles. The van der Waals surface area contributed by atoms with Crippen molar-refractivity contribution in [3.05, 3.63) is 18.2 Å². The van der Waals surface area contributed by atoms with Crippen LogP contribution in [0.2, 0.25) is 0 Å². The third-order valence-electron chi connectivity index (χ3n) is 5.04. The minimum absolute atomic E-state index is 0.293. The fraction of sp³-hybridized carbons (Fsp3) is 0.800. The number of imidazole rings is 1. The molecule has 20 heavy (non-hydrogen) atoms. The van der Waals surface area contributed by atoms with Gasteiger partial charge in [-0.15, -0.1) is 0 Å². The number of aromatic nitrogens is 2. The number of aliphatic hydroxyl groups is 1. The molecule has 0 bridgehead atoms. The Morgan fingerprint density at radius 2 is 2.25 bits per heavy atom. The van der Waals surface area contributed by atoms with E-state index in [1.807, 2.05) is 6.20 Å². The van der Waals surface area contributed by atoms with E-state index in [1.165, 1.54) is 18.7 Å². The summed E-state index contributed by atoms with van der Waals surface area (Å²) in [5.74, 6) is 1.61. The second-order valence-corrected chi connectivity index (χ2v) is 6.45. The lowest BCUT2D eigenvalue weighted by Crippen LogP contribution is -2.48. The van der Waals surface area contributed by atoms with E-state index in [2.05, 4.69) is 20.6 Å². The zero-order chi connectivity index (χ0) is 13.5. The largest absolute Gasteiger partial charge is 0.396 e. The molecule has 2 heterocycles. The lowest BCUT2D eigenvalue weighted by Gasteiger charge is -2.37. The van der Waals surface area contributed by atoms with E-state index in [4.69, 9.17) is 4.74 Å². The van der Waals surface area contributed by atoms with Crippen LogP contribution in [0.1, 0.15) is 37.5 Å². The molecule has 1 saturated heterocycles. The van der Waals surface area contributed by atoms with Crippen LogP contribution in [0.15, 0.2) is 12.4 Å². The molecular weight excluding hydrogens is 254 g/mol. The summed E-state index contributed by atoms with van der Waals surface area (Å²) in [5, 5.41) is 9.39. The van der Waals surface area contributed by atoms with Crippen LogP contribution >= 0.6 is 0 Å². The van der Waals surface area contributed by atoms with Crippen LogP contribution in [-0.4, -0.2) is 51.5 Å². The van der Waals surface area contributed by atoms with E-state index in [-0.39, 0.29) is 0 Å². The van der Waals surface area contributed by atoms with Crippen molar-refractivity contribution in [2.24, 2.45) is 5.92 Å². The first kappa shape index (κ1) is 12.8. The highest BCUT2D eigenvalue weighted by molar-refractivity contribution is 5.02. The normalized spacial score (nSPS) is 34.4. The van der Waals surface area contributed by atoms with Gasteiger partial charge in [-0.05, 0) is 31.6 Å². The van der Waals surface area contributed by atoms with Crippen molar-refractivity contribution in [1.82, 2.24) is 14.5 Å². The van der Waals surface area contributed by atoms with E-state index >= 15 is 0 Å². The Hall–Kier alpha value is -0.910. The number of rotatable bonds is 4. The molecule has 0 amide bonds. The van der Waals surface area contributed by atoms with Gasteiger partial charge in [-0.1, -0.05) is 0 Å². The van der Waals surface area contributed by atoms with Crippen molar-refractivity contribution in [3.8, 4) is 0 Å². The summed E-state index contributed by atoms with van der Waals surface area (Å²) >= 11 is 0. The standard InChI is InChI=1S/C15H23N3O2/c19-10-11-7-13-14(8-11)20-6-5-17(13)9-15-16-3-4-18(15)12-1-2-12/h3-4,11-14,19H,1-2,5-10H2/t11-,13+,14?/m1/s1. The number of hydrogen-bond acceptors (Lipinski definition) is 4. The van der Waals surface area contributed by atoms with E-state index in [0.717, 1.165) is 32.5 Å². The monoisotopic (exact) mass is 277 g/mol. The van der Waals surface area contributed by atoms with Crippen LogP contribution in [0.25, 0.3) is 0 Å². The number of aliphatic hydroxyl groups excluding tert-OH is 1. The summed E-state index contributed by atoms with van der Waals surface area (Å²) in [6.45, 7) is 3.01. The summed E-state index contributed by atoms with van der Waals surface area (Å²) in [5.41, 5.74) is 0. The number of morpholine rings is 1. The number of nitrogens with zero attached hydrogens (tertiary/aromatic N) is 3. The van der Waals surface area contributed by atoms with Gasteiger partial charge >= 0.3 is 0 Å². The summed E-state index contributed by atoms with van der Waals surface area (Å²) in [6, 6.07) is 1.16. The van der Waals surface area contributed by atoms with Crippen molar-refractivity contribution >= 4 is 0 Å². The molecule has 5 nitrogen and oxygen atoms in total. The molecule has 3 aliphatic rings. The van der Waals surface area contributed by atoms with Gasteiger partial charge in [0.25, 0.3) is 0 Å². The minimum Gasteiger partial charge on any atom is -0.396 e. The molecule has 3 atom stereocenters. The predicted molar refractivity (Wildman–Crippen MR) is 74.2 cm³/mol. The van der Waals surface area contributed by atoms with Gasteiger partial charge in [0.15, 0.2) is 0 Å². The summed E-state index contributed by atoms with van der Waals surface area (Å²) in [6.07, 6.45) is 9.02. The van der Waals surface area contributed by atoms with E-state index < -0.39 is 0 Å². The highest BCUT2D eigenvalue weighted by Gasteiger charge is 2.41. The number of hydrogen-bond donors (Lipinski definition) is 1. The van der Waals surface area contributed by atoms with Crippen LogP contribution in [0, 0.1) is 5.92 Å². The van der Waals surface area contributed by atoms with E-state index in [9.17, 15) is 5.11 Å². The van der Waals surface area contributed by atoms with Crippen molar-refractivity contribution < 1.29 is 9.84 Å². The van der Waals surface area contributed by atoms with Gasteiger partial charge in [-0.2, -0.15) is 0 Å². The Labute approximate surface area is 119 Å². The molecule has 3 fully saturated rings. The number of ether oxygens (including phenoxy) is 1. The van der Waals surface area contributed by atoms with Gasteiger partial charge in [-0.3, -0.25) is 4.90 Å². The van der Waals surface area contributed by atoms with Crippen molar-refractivity contribution in [3.63, 3.8) is 0 Å². The Kier molecular flexibility index (Phi) is 3.28. The first-order valence-corrected chi connectivity index (χ1v) is 7.83. The summed E-state index contributed by atoms with van der Waals surface area (Å²) in [4.78, 5) is 7.07. The second kappa shape index (κ2) is 5.13. The predicted octanol–water partition coefficient (Wildman–Crippen LogP) is 1.19. The van der Waals surface area contributed by atoms with Gasteiger partial charge in [0.2, 0.25) is 0 Å². The van der Waals surface area contributed by atoms with Crippen LogP contribution in [0.5, 0.6) is 0 Å². The maximum atomic E-state index is 9.39. The molecule has 4 rings (SSSR count). The fourth-order valence-electron chi connectivity index (χ4n) is 3.80. The van der Waals surface area contributed by atoms with Crippen molar-refractivity contribution in [2.75, 3.05) is 19.8 Å². The van der Waals surface area contributed by atoms with Crippen LogP contribution < -0.4 is 0 Å². The molecule has 1 aromatic rings. The van der Waals surface area contributed by atoms with Gasteiger partial charge in [-0.25, -0.2) is 4.98 Å². The Morgan fingerprint density at radius 1 is 1.35 bits per heavy atom. The van der Waals surface area contributed by atoms with Gasteiger partial charge < -0.3 is 14.4 Å². The molecule has 0 spiro atoms. The first-order valence-electron chi connectivity index (χ1n) is 7.83. The Morgan fingerprint density at radius 3 is 3.05 bits per heavy atom. The molecule has 1 aliphatic heterocycles. The molecule has 110 valence electrons. The fourth-order valence-corrected chi connectivity index (χ4v) is 3.80. The van der Waals surface area contributed by atoms with Crippen LogP contribution in [0.4, 0.5) is 0 Å². The topological polar surface area (TPSA) is 50.5 Å². The molecule has 1 N–H and O–H groups in total. The zero-order valence-corrected chi connectivity index (χ0v) is 11.8. The molecule has 0 radical (unpaired) electrons. The first-order chi connectivity index (χ1) is 9.85. The third-order valence-corrected chi connectivity index (χ3v) is 5.04. The third kappa shape index (κ3) is 2.28. The molecule has 5 heteroatoms. The van der Waals surface area contributed by atoms with Crippen molar-refractivity contribution in [2.45, 2.75) is 50.4 Å². The highest BCUT2D eigenvalue weighted by Crippen LogP contribution is 2.37. The molecule has 1 aromatic heterocycles. The maximum absolute atomic E-state index is 9.39. The van der Waals surface area contributed by atoms with E-state index in [0.29, 0.717) is 30.7 Å². The SMILES string of the molecule is OC[C@H]1CC2OCCN(Cc3nccn3C3CC3)[C@H]2C1. The summed E-state index contributed by atoms with van der Waals surface area (Å²) < 4.78 is 8.24. The Balaban J connectivity index is 1.48. The molecule has 2 saturated carbocycles. The maximum Gasteiger partial charge on any atom is 0.123 e. The zero-order valence-electron chi connectivity index (χ0n) is 11.8. The average Bonchev–Trinajstić information content (AvgIpc) is 3.05. The molecule has 1 unspecified atom stereocenters. The molecular formula is C15H23N3O2. The van der Waals surface area contributed by atoms with Gasteiger partial charge in [0.05, 0.1) is 19.3 Å². The lowest BCUT2D eigenvalue weighted by molar-refractivity contribution is -0.0601. The number of fused-ring (bicyclic) bond motifs is 1. The van der Waals surface area contributed by atoms with E-state index in [1.54, 1.807) is 0 Å². The average molecular weight is 277 g/mol. The lowest BCUT2D eigenvalue weighted by atomic mass is 10.1. The van der Waals surface area contributed by atoms with Gasteiger partial charge in [0, 0.05) is 37.6 Å². The van der Waals surface area contributed by atoms with Crippen LogP contribution in [0.3, 0.4) is 0 Å². The highest BCUT2D eigenvalue weighted by atomic mass is 16.5. The minimum atomic E-state index is 0.293. The Bertz CT molecular complexity index is 471. The van der Waals surface area contributed by atoms with Gasteiger partial charge in [0.1, 0.15) is 5.82 Å². The summed E-state index contributed by atoms with van der Waals surface area (Å²) in [7, 11) is 0. The smallest absolute Gasteiger partial charge is 0.123 e. The molecule has 2 aliphatic carbocycles. The van der Waals surface area contributed by atoms with Crippen LogP contribution in [-0.2, 0) is 11.3 Å². The van der Waals surface area contributed by atoms with Crippen molar-refractivity contribution in [1.29, 1.82) is 0 Å². The second-order valence-electron chi connectivity index (χ2n) is 6.45. The quantitative estimate of drug-likeness (QED) is 0.898.